The van der Waals surface area contributed by atoms with Gasteiger partial charge in [-0.25, -0.2) is 0 Å². The van der Waals surface area contributed by atoms with Gasteiger partial charge >= 0.3 is 0 Å². The Labute approximate surface area is 72.3 Å². The average molecular weight is 218 g/mol. The normalized spacial score (nSPS) is 10.0. The van der Waals surface area contributed by atoms with Crippen LogP contribution in [-0.2, 0) is 6.42 Å². The largest absolute Gasteiger partial charge is 0.364 e. The predicted molar refractivity (Wildman–Crippen MR) is 44.2 cm³/mol. The summed E-state index contributed by atoms with van der Waals surface area (Å²) in [6.45, 7) is 1.96. The first-order valence-corrected chi connectivity index (χ1v) is 3.98. The molecule has 0 saturated carbocycles. The molecule has 0 aliphatic heterocycles. The van der Waals surface area contributed by atoms with Crippen molar-refractivity contribution in [3.05, 3.63) is 15.9 Å². The summed E-state index contributed by atoms with van der Waals surface area (Å²) < 4.78 is 0.674. The summed E-state index contributed by atoms with van der Waals surface area (Å²) in [5.74, 6) is -0.521. The van der Waals surface area contributed by atoms with Crippen molar-refractivity contribution in [3.8, 4) is 0 Å². The van der Waals surface area contributed by atoms with E-state index in [0.29, 0.717) is 4.47 Å². The summed E-state index contributed by atoms with van der Waals surface area (Å²) >= 11 is 3.22. The quantitative estimate of drug-likeness (QED) is 0.771. The number of nitrogens with one attached hydrogen (secondary N) is 1. The first-order valence-electron chi connectivity index (χ1n) is 3.19. The topological polar surface area (TPSA) is 71.8 Å². The molecule has 0 aliphatic rings. The molecular formula is C6H8BrN3O. The monoisotopic (exact) mass is 217 g/mol. The van der Waals surface area contributed by atoms with Crippen molar-refractivity contribution in [2.24, 2.45) is 5.73 Å². The third-order valence-electron chi connectivity index (χ3n) is 1.36. The Bertz CT molecular complexity index is 281. The van der Waals surface area contributed by atoms with E-state index in [1.54, 1.807) is 0 Å². The lowest BCUT2D eigenvalue weighted by molar-refractivity contribution is 0.0995. The van der Waals surface area contributed by atoms with Gasteiger partial charge in [-0.15, -0.1) is 0 Å². The Kier molecular flexibility index (Phi) is 2.28. The minimum Gasteiger partial charge on any atom is -0.364 e. The standard InChI is InChI=1S/C6H8BrN3O/c1-2-3-4(7)5(6(8)11)10-9-3/h2H2,1H3,(H2,8,11)(H,9,10). The zero-order valence-corrected chi connectivity index (χ0v) is 7.60. The fourth-order valence-corrected chi connectivity index (χ4v) is 1.42. The van der Waals surface area contributed by atoms with Gasteiger partial charge in [0.1, 0.15) is 0 Å². The van der Waals surface area contributed by atoms with Crippen molar-refractivity contribution < 1.29 is 4.79 Å². The van der Waals surface area contributed by atoms with Crippen LogP contribution in [0.3, 0.4) is 0 Å². The maximum absolute atomic E-state index is 10.7. The van der Waals surface area contributed by atoms with Crippen LogP contribution in [0.2, 0.25) is 0 Å². The molecule has 1 aromatic heterocycles. The number of amides is 1. The number of hydrogen-bond donors (Lipinski definition) is 2. The molecule has 0 aromatic carbocycles. The second kappa shape index (κ2) is 3.04. The number of carbonyl (C=O) groups excluding carboxylic acids is 1. The summed E-state index contributed by atoms with van der Waals surface area (Å²) in [7, 11) is 0. The van der Waals surface area contributed by atoms with Gasteiger partial charge in [-0.2, -0.15) is 5.10 Å². The molecule has 0 fully saturated rings. The number of aromatic amines is 1. The van der Waals surface area contributed by atoms with E-state index in [1.807, 2.05) is 6.92 Å². The number of nitrogens with two attached hydrogens (primary N) is 1. The molecule has 0 saturated heterocycles. The number of rotatable bonds is 2. The summed E-state index contributed by atoms with van der Waals surface area (Å²) in [6.07, 6.45) is 0.793. The number of aromatic nitrogens is 2. The average Bonchev–Trinajstić information content (AvgIpc) is 2.30. The van der Waals surface area contributed by atoms with Crippen LogP contribution in [0.4, 0.5) is 0 Å². The van der Waals surface area contributed by atoms with Crippen molar-refractivity contribution in [1.82, 2.24) is 10.2 Å². The van der Waals surface area contributed by atoms with Gasteiger partial charge in [0.2, 0.25) is 0 Å². The first-order chi connectivity index (χ1) is 5.16. The van der Waals surface area contributed by atoms with Gasteiger partial charge in [0.15, 0.2) is 5.69 Å². The molecule has 3 N–H and O–H groups in total. The molecule has 0 spiro atoms. The lowest BCUT2D eigenvalue weighted by atomic mass is 10.3. The molecule has 0 atom stereocenters. The number of primary amides is 1. The molecule has 0 aliphatic carbocycles. The van der Waals surface area contributed by atoms with E-state index in [9.17, 15) is 4.79 Å². The Morgan fingerprint density at radius 2 is 2.45 bits per heavy atom. The summed E-state index contributed by atoms with van der Waals surface area (Å²) in [5, 5.41) is 6.45. The van der Waals surface area contributed by atoms with E-state index in [0.717, 1.165) is 12.1 Å². The first kappa shape index (κ1) is 8.26. The Morgan fingerprint density at radius 3 is 2.73 bits per heavy atom. The summed E-state index contributed by atoms with van der Waals surface area (Å²) in [4.78, 5) is 10.7. The van der Waals surface area contributed by atoms with E-state index in [4.69, 9.17) is 5.73 Å². The van der Waals surface area contributed by atoms with E-state index < -0.39 is 5.91 Å². The lowest BCUT2D eigenvalue weighted by Gasteiger charge is -1.89. The molecule has 1 aromatic rings. The van der Waals surface area contributed by atoms with Crippen molar-refractivity contribution in [1.29, 1.82) is 0 Å². The van der Waals surface area contributed by atoms with Crippen molar-refractivity contribution in [2.45, 2.75) is 13.3 Å². The van der Waals surface area contributed by atoms with E-state index in [1.165, 1.54) is 0 Å². The van der Waals surface area contributed by atoms with Gasteiger partial charge in [0, 0.05) is 5.69 Å². The van der Waals surface area contributed by atoms with Crippen LogP contribution >= 0.6 is 15.9 Å². The second-order valence-electron chi connectivity index (χ2n) is 2.08. The number of aryl methyl sites for hydroxylation is 1. The van der Waals surface area contributed by atoms with Gasteiger partial charge in [0.05, 0.1) is 4.47 Å². The molecule has 1 heterocycles. The van der Waals surface area contributed by atoms with Gasteiger partial charge < -0.3 is 5.73 Å². The Morgan fingerprint density at radius 1 is 1.82 bits per heavy atom. The van der Waals surface area contributed by atoms with Crippen LogP contribution in [0.5, 0.6) is 0 Å². The second-order valence-corrected chi connectivity index (χ2v) is 2.88. The van der Waals surface area contributed by atoms with Crippen LogP contribution in [0, 0.1) is 0 Å². The Hall–Kier alpha value is -0.840. The number of hydrogen-bond acceptors (Lipinski definition) is 2. The number of nitrogens with zero attached hydrogens (tertiary/aromatic N) is 1. The third kappa shape index (κ3) is 1.42. The highest BCUT2D eigenvalue weighted by Crippen LogP contribution is 2.18. The smallest absolute Gasteiger partial charge is 0.270 e. The van der Waals surface area contributed by atoms with Gasteiger partial charge in [-0.1, -0.05) is 6.92 Å². The summed E-state index contributed by atoms with van der Waals surface area (Å²) in [6, 6.07) is 0. The molecule has 1 amide bonds. The number of H-pyrrole nitrogens is 1. The number of halogens is 1. The van der Waals surface area contributed by atoms with Gasteiger partial charge in [0.25, 0.3) is 5.91 Å². The number of carbonyl (C=O) groups is 1. The van der Waals surface area contributed by atoms with Crippen LogP contribution in [0.15, 0.2) is 4.47 Å². The van der Waals surface area contributed by atoms with Crippen LogP contribution in [0.1, 0.15) is 23.1 Å². The highest BCUT2D eigenvalue weighted by molar-refractivity contribution is 9.10. The molecule has 4 nitrogen and oxygen atoms in total. The molecule has 60 valence electrons. The zero-order chi connectivity index (χ0) is 8.43. The van der Waals surface area contributed by atoms with E-state index in [2.05, 4.69) is 26.1 Å². The molecule has 0 radical (unpaired) electrons. The third-order valence-corrected chi connectivity index (χ3v) is 2.22. The molecule has 5 heteroatoms. The van der Waals surface area contributed by atoms with Crippen molar-refractivity contribution >= 4 is 21.8 Å². The van der Waals surface area contributed by atoms with Crippen molar-refractivity contribution in [3.63, 3.8) is 0 Å². The molecule has 1 rings (SSSR count). The van der Waals surface area contributed by atoms with Crippen LogP contribution in [-0.4, -0.2) is 16.1 Å². The van der Waals surface area contributed by atoms with Gasteiger partial charge in [-0.05, 0) is 22.4 Å². The van der Waals surface area contributed by atoms with Gasteiger partial charge in [-0.3, -0.25) is 9.89 Å². The minimum absolute atomic E-state index is 0.266. The maximum Gasteiger partial charge on any atom is 0.270 e. The fraction of sp³-hybridized carbons (Fsp3) is 0.333. The lowest BCUT2D eigenvalue weighted by Crippen LogP contribution is -2.11. The SMILES string of the molecule is CCc1[nH]nc(C(N)=O)c1Br. The summed E-state index contributed by atoms with van der Waals surface area (Å²) in [5.41, 5.74) is 6.18. The van der Waals surface area contributed by atoms with Crippen LogP contribution < -0.4 is 5.73 Å². The zero-order valence-electron chi connectivity index (χ0n) is 6.02. The highest BCUT2D eigenvalue weighted by atomic mass is 79.9. The highest BCUT2D eigenvalue weighted by Gasteiger charge is 2.12. The Balaban J connectivity index is 3.10. The minimum atomic E-state index is -0.521. The van der Waals surface area contributed by atoms with Crippen molar-refractivity contribution in [2.75, 3.05) is 0 Å². The molecular weight excluding hydrogens is 210 g/mol. The van der Waals surface area contributed by atoms with Crippen LogP contribution in [0.25, 0.3) is 0 Å². The predicted octanol–water partition coefficient (Wildman–Crippen LogP) is 0.833. The molecule has 0 unspecified atom stereocenters. The maximum atomic E-state index is 10.7. The van der Waals surface area contributed by atoms with E-state index >= 15 is 0 Å². The molecule has 0 bridgehead atoms. The molecule has 11 heavy (non-hydrogen) atoms. The van der Waals surface area contributed by atoms with E-state index in [-0.39, 0.29) is 5.69 Å². The fourth-order valence-electron chi connectivity index (χ4n) is 0.762.